The molecule has 2 heteroatoms. The minimum Gasteiger partial charge on any atom is -0.396 e. The zero-order valence-corrected chi connectivity index (χ0v) is 8.80. The van der Waals surface area contributed by atoms with Crippen LogP contribution in [-0.2, 0) is 0 Å². The van der Waals surface area contributed by atoms with Gasteiger partial charge in [-0.15, -0.1) is 0 Å². The van der Waals surface area contributed by atoms with Gasteiger partial charge in [-0.2, -0.15) is 0 Å². The summed E-state index contributed by atoms with van der Waals surface area (Å²) in [6.07, 6.45) is 4.77. The van der Waals surface area contributed by atoms with Gasteiger partial charge in [0.1, 0.15) is 0 Å². The molecule has 0 aromatic carbocycles. The smallest absolute Gasteiger partial charge is 0.0431 e. The Hall–Kier alpha value is 0.690. The summed E-state index contributed by atoms with van der Waals surface area (Å²) in [4.78, 5) is 0. The van der Waals surface area contributed by atoms with Gasteiger partial charge in [0.2, 0.25) is 0 Å². The van der Waals surface area contributed by atoms with Crippen LogP contribution in [0, 0.1) is 5.92 Å². The van der Waals surface area contributed by atoms with Crippen molar-refractivity contribution in [3.8, 4) is 0 Å². The third kappa shape index (κ3) is 6.81. The van der Waals surface area contributed by atoms with Gasteiger partial charge in [-0.05, 0) is 23.2 Å². The molecule has 0 aromatic rings. The fourth-order valence-corrected chi connectivity index (χ4v) is 2.00. The van der Waals surface area contributed by atoms with Gasteiger partial charge >= 0.3 is 0 Å². The standard InChI is InChI=1S/C8H17IO/c1-8(5-6-9)4-2-3-7-10/h8,10H,2-7H2,1H3/t8-/m0/s1. The van der Waals surface area contributed by atoms with Gasteiger partial charge in [-0.25, -0.2) is 0 Å². The van der Waals surface area contributed by atoms with Crippen molar-refractivity contribution in [2.75, 3.05) is 11.0 Å². The van der Waals surface area contributed by atoms with Gasteiger partial charge in [0.15, 0.2) is 0 Å². The molecule has 0 amide bonds. The van der Waals surface area contributed by atoms with E-state index < -0.39 is 0 Å². The maximum Gasteiger partial charge on any atom is 0.0431 e. The largest absolute Gasteiger partial charge is 0.396 e. The molecule has 0 bridgehead atoms. The molecule has 0 radical (unpaired) electrons. The van der Waals surface area contributed by atoms with E-state index in [-0.39, 0.29) is 0 Å². The lowest BCUT2D eigenvalue weighted by molar-refractivity contribution is 0.278. The zero-order chi connectivity index (χ0) is 7.82. The number of halogens is 1. The summed E-state index contributed by atoms with van der Waals surface area (Å²) >= 11 is 2.41. The lowest BCUT2D eigenvalue weighted by atomic mass is 10.0. The van der Waals surface area contributed by atoms with E-state index in [9.17, 15) is 0 Å². The Kier molecular flexibility index (Phi) is 8.33. The van der Waals surface area contributed by atoms with Crippen LogP contribution in [0.25, 0.3) is 0 Å². The van der Waals surface area contributed by atoms with Crippen molar-refractivity contribution in [3.63, 3.8) is 0 Å². The first-order chi connectivity index (χ1) is 4.81. The van der Waals surface area contributed by atoms with E-state index in [0.717, 1.165) is 12.3 Å². The SMILES string of the molecule is C[C@H](CCI)CCCCO. The number of rotatable bonds is 6. The fourth-order valence-electron chi connectivity index (χ4n) is 0.935. The van der Waals surface area contributed by atoms with Crippen LogP contribution in [0.1, 0.15) is 32.6 Å². The molecule has 0 unspecified atom stereocenters. The maximum atomic E-state index is 8.51. The van der Waals surface area contributed by atoms with E-state index in [2.05, 4.69) is 29.5 Å². The third-order valence-electron chi connectivity index (χ3n) is 1.71. The Morgan fingerprint density at radius 3 is 2.50 bits per heavy atom. The molecule has 0 aliphatic heterocycles. The molecule has 0 saturated carbocycles. The highest BCUT2D eigenvalue weighted by atomic mass is 127. The lowest BCUT2D eigenvalue weighted by Gasteiger charge is -2.07. The molecule has 0 aliphatic rings. The van der Waals surface area contributed by atoms with Crippen LogP contribution in [0.3, 0.4) is 0 Å². The summed E-state index contributed by atoms with van der Waals surface area (Å²) in [5.74, 6) is 0.850. The highest BCUT2D eigenvalue weighted by Gasteiger charge is 1.99. The molecule has 0 rings (SSSR count). The maximum absolute atomic E-state index is 8.51. The summed E-state index contributed by atoms with van der Waals surface area (Å²) in [5.41, 5.74) is 0. The molecule has 0 aliphatic carbocycles. The number of unbranched alkanes of at least 4 members (excludes halogenated alkanes) is 1. The van der Waals surface area contributed by atoms with Crippen LogP contribution < -0.4 is 0 Å². The normalized spacial score (nSPS) is 13.5. The summed E-state index contributed by atoms with van der Waals surface area (Å²) in [6.45, 7) is 2.65. The van der Waals surface area contributed by atoms with Gasteiger partial charge in [0, 0.05) is 6.61 Å². The number of aliphatic hydroxyl groups is 1. The van der Waals surface area contributed by atoms with Crippen LogP contribution >= 0.6 is 22.6 Å². The van der Waals surface area contributed by atoms with Crippen molar-refractivity contribution in [1.29, 1.82) is 0 Å². The Morgan fingerprint density at radius 2 is 2.00 bits per heavy atom. The second-order valence-electron chi connectivity index (χ2n) is 2.80. The highest BCUT2D eigenvalue weighted by molar-refractivity contribution is 14.1. The monoisotopic (exact) mass is 256 g/mol. The Balaban J connectivity index is 2.97. The van der Waals surface area contributed by atoms with Gasteiger partial charge < -0.3 is 5.11 Å². The first kappa shape index (κ1) is 10.7. The first-order valence-electron chi connectivity index (χ1n) is 3.98. The topological polar surface area (TPSA) is 20.2 Å². The second-order valence-corrected chi connectivity index (χ2v) is 3.88. The molecule has 0 fully saturated rings. The molecular formula is C8H17IO. The fraction of sp³-hybridized carbons (Fsp3) is 1.00. The minimum atomic E-state index is 0.358. The predicted molar refractivity (Wildman–Crippen MR) is 53.6 cm³/mol. The molecule has 1 nitrogen and oxygen atoms in total. The van der Waals surface area contributed by atoms with E-state index in [1.165, 1.54) is 23.7 Å². The Labute approximate surface area is 77.3 Å². The minimum absolute atomic E-state index is 0.358. The average molecular weight is 256 g/mol. The van der Waals surface area contributed by atoms with Gasteiger partial charge in [0.05, 0.1) is 0 Å². The molecule has 1 atom stereocenters. The first-order valence-corrected chi connectivity index (χ1v) is 5.50. The molecule has 0 spiro atoms. The van der Waals surface area contributed by atoms with Crippen LogP contribution in [0.5, 0.6) is 0 Å². The van der Waals surface area contributed by atoms with Gasteiger partial charge in [0.25, 0.3) is 0 Å². The molecular weight excluding hydrogens is 239 g/mol. The van der Waals surface area contributed by atoms with Crippen molar-refractivity contribution in [1.82, 2.24) is 0 Å². The molecule has 0 saturated heterocycles. The number of alkyl halides is 1. The quantitative estimate of drug-likeness (QED) is 0.440. The van der Waals surface area contributed by atoms with Crippen molar-refractivity contribution in [2.24, 2.45) is 5.92 Å². The summed E-state index contributed by atoms with van der Waals surface area (Å²) < 4.78 is 1.26. The highest BCUT2D eigenvalue weighted by Crippen LogP contribution is 2.12. The number of aliphatic hydroxyl groups excluding tert-OH is 1. The summed E-state index contributed by atoms with van der Waals surface area (Å²) in [7, 11) is 0. The molecule has 1 N–H and O–H groups in total. The lowest BCUT2D eigenvalue weighted by Crippen LogP contribution is -1.95. The van der Waals surface area contributed by atoms with Crippen molar-refractivity contribution in [3.05, 3.63) is 0 Å². The van der Waals surface area contributed by atoms with E-state index in [1.54, 1.807) is 0 Å². The number of hydrogen-bond donors (Lipinski definition) is 1. The van der Waals surface area contributed by atoms with Crippen LogP contribution in [0.4, 0.5) is 0 Å². The van der Waals surface area contributed by atoms with Crippen molar-refractivity contribution < 1.29 is 5.11 Å². The van der Waals surface area contributed by atoms with Crippen molar-refractivity contribution >= 4 is 22.6 Å². The van der Waals surface area contributed by atoms with Crippen LogP contribution in [-0.4, -0.2) is 16.1 Å². The van der Waals surface area contributed by atoms with E-state index in [0.29, 0.717) is 6.61 Å². The Bertz CT molecular complexity index is 66.3. The Morgan fingerprint density at radius 1 is 1.30 bits per heavy atom. The third-order valence-corrected chi connectivity index (χ3v) is 2.33. The molecule has 0 aromatic heterocycles. The summed E-state index contributed by atoms with van der Waals surface area (Å²) in [5, 5.41) is 8.51. The number of hydrogen-bond acceptors (Lipinski definition) is 1. The molecule has 62 valence electrons. The predicted octanol–water partition coefficient (Wildman–Crippen LogP) is 2.61. The van der Waals surface area contributed by atoms with E-state index in [1.807, 2.05) is 0 Å². The van der Waals surface area contributed by atoms with Crippen molar-refractivity contribution in [2.45, 2.75) is 32.6 Å². The van der Waals surface area contributed by atoms with E-state index >= 15 is 0 Å². The molecule has 0 heterocycles. The van der Waals surface area contributed by atoms with E-state index in [4.69, 9.17) is 5.11 Å². The zero-order valence-electron chi connectivity index (χ0n) is 6.65. The van der Waals surface area contributed by atoms with Crippen LogP contribution in [0.2, 0.25) is 0 Å². The average Bonchev–Trinajstić information content (AvgIpc) is 1.89. The molecule has 10 heavy (non-hydrogen) atoms. The van der Waals surface area contributed by atoms with Crippen LogP contribution in [0.15, 0.2) is 0 Å². The summed E-state index contributed by atoms with van der Waals surface area (Å²) in [6, 6.07) is 0. The van der Waals surface area contributed by atoms with Gasteiger partial charge in [-0.3, -0.25) is 0 Å². The second kappa shape index (κ2) is 7.79. The van der Waals surface area contributed by atoms with Gasteiger partial charge in [-0.1, -0.05) is 42.4 Å².